The second kappa shape index (κ2) is 9.32. The molecule has 2 aromatic carbocycles. The fourth-order valence-electron chi connectivity index (χ4n) is 3.41. The first kappa shape index (κ1) is 20.5. The van der Waals surface area contributed by atoms with Crippen LogP contribution in [-0.2, 0) is 0 Å². The average Bonchev–Trinajstić information content (AvgIpc) is 2.78. The topological polar surface area (TPSA) is 77.1 Å². The molecule has 1 saturated heterocycles. The normalized spacial score (nSPS) is 14.2. The lowest BCUT2D eigenvalue weighted by atomic mass is 10.0. The van der Waals surface area contributed by atoms with E-state index in [2.05, 4.69) is 5.32 Å². The molecule has 0 saturated carbocycles. The summed E-state index contributed by atoms with van der Waals surface area (Å²) in [6.07, 6.45) is 1.41. The zero-order valence-electron chi connectivity index (χ0n) is 16.9. The molecular weight excluding hydrogens is 372 g/mol. The number of piperidine rings is 1. The molecule has 0 spiro atoms. The van der Waals surface area contributed by atoms with Crippen molar-refractivity contribution < 1.29 is 23.8 Å². The van der Waals surface area contributed by atoms with E-state index in [-0.39, 0.29) is 17.9 Å². The van der Waals surface area contributed by atoms with Crippen LogP contribution in [0.2, 0.25) is 0 Å². The number of hydrogen-bond donors (Lipinski definition) is 1. The predicted molar refractivity (Wildman–Crippen MR) is 109 cm³/mol. The quantitative estimate of drug-likeness (QED) is 0.810. The maximum absolute atomic E-state index is 12.7. The van der Waals surface area contributed by atoms with Crippen molar-refractivity contribution in [2.24, 2.45) is 0 Å². The number of methoxy groups -OCH3 is 3. The van der Waals surface area contributed by atoms with Crippen LogP contribution in [0.1, 0.15) is 33.6 Å². The highest BCUT2D eigenvalue weighted by molar-refractivity contribution is 5.95. The predicted octanol–water partition coefficient (Wildman–Crippen LogP) is 2.75. The number of amides is 2. The van der Waals surface area contributed by atoms with E-state index in [0.717, 1.165) is 0 Å². The SMILES string of the molecule is COc1cccc(C(=O)N2CCC(NC(=O)c3ccc(OC)c(OC)c3)CC2)c1. The third-order valence-corrected chi connectivity index (χ3v) is 5.08. The van der Waals surface area contributed by atoms with E-state index in [1.807, 2.05) is 17.0 Å². The van der Waals surface area contributed by atoms with Crippen LogP contribution in [0.5, 0.6) is 17.2 Å². The molecular formula is C22H26N2O5. The summed E-state index contributed by atoms with van der Waals surface area (Å²) in [6, 6.07) is 12.2. The minimum absolute atomic E-state index is 0.0185. The first-order valence-electron chi connectivity index (χ1n) is 9.52. The van der Waals surface area contributed by atoms with Gasteiger partial charge in [-0.15, -0.1) is 0 Å². The maximum atomic E-state index is 12.7. The maximum Gasteiger partial charge on any atom is 0.253 e. The molecule has 154 valence electrons. The monoisotopic (exact) mass is 398 g/mol. The molecule has 3 rings (SSSR count). The number of nitrogens with one attached hydrogen (secondary N) is 1. The molecule has 0 radical (unpaired) electrons. The number of hydrogen-bond acceptors (Lipinski definition) is 5. The van der Waals surface area contributed by atoms with Gasteiger partial charge in [0.25, 0.3) is 11.8 Å². The summed E-state index contributed by atoms with van der Waals surface area (Å²) < 4.78 is 15.7. The molecule has 7 nitrogen and oxygen atoms in total. The Morgan fingerprint density at radius 3 is 2.28 bits per heavy atom. The summed E-state index contributed by atoms with van der Waals surface area (Å²) in [7, 11) is 4.67. The Kier molecular flexibility index (Phi) is 6.59. The molecule has 7 heteroatoms. The van der Waals surface area contributed by atoms with Gasteiger partial charge in [0.2, 0.25) is 0 Å². The van der Waals surface area contributed by atoms with Gasteiger partial charge in [-0.05, 0) is 49.2 Å². The third kappa shape index (κ3) is 4.80. The van der Waals surface area contributed by atoms with Crippen molar-refractivity contribution in [1.29, 1.82) is 0 Å². The molecule has 29 heavy (non-hydrogen) atoms. The molecule has 0 bridgehead atoms. The second-order valence-corrected chi connectivity index (χ2v) is 6.84. The van der Waals surface area contributed by atoms with Gasteiger partial charge in [0.15, 0.2) is 11.5 Å². The van der Waals surface area contributed by atoms with E-state index in [0.29, 0.717) is 54.3 Å². The minimum Gasteiger partial charge on any atom is -0.497 e. The van der Waals surface area contributed by atoms with Crippen LogP contribution in [0.15, 0.2) is 42.5 Å². The highest BCUT2D eigenvalue weighted by atomic mass is 16.5. The fourth-order valence-corrected chi connectivity index (χ4v) is 3.41. The molecule has 1 heterocycles. The molecule has 1 aliphatic heterocycles. The number of ether oxygens (including phenoxy) is 3. The Hall–Kier alpha value is -3.22. The van der Waals surface area contributed by atoms with Crippen molar-refractivity contribution in [1.82, 2.24) is 10.2 Å². The standard InChI is InChI=1S/C22H26N2O5/c1-27-18-6-4-5-16(13-18)22(26)24-11-9-17(10-12-24)23-21(25)15-7-8-19(28-2)20(14-15)29-3/h4-8,13-14,17H,9-12H2,1-3H3,(H,23,25). The number of carbonyl (C=O) groups is 2. The Labute approximate surface area is 170 Å². The van der Waals surface area contributed by atoms with Crippen LogP contribution in [-0.4, -0.2) is 57.2 Å². The lowest BCUT2D eigenvalue weighted by molar-refractivity contribution is 0.0697. The molecule has 1 aliphatic rings. The van der Waals surface area contributed by atoms with E-state index >= 15 is 0 Å². The van der Waals surface area contributed by atoms with Crippen LogP contribution in [0.3, 0.4) is 0 Å². The molecule has 1 N–H and O–H groups in total. The molecule has 2 amide bonds. The van der Waals surface area contributed by atoms with Crippen LogP contribution in [0.4, 0.5) is 0 Å². The van der Waals surface area contributed by atoms with Crippen molar-refractivity contribution in [3.8, 4) is 17.2 Å². The van der Waals surface area contributed by atoms with E-state index in [9.17, 15) is 9.59 Å². The number of carbonyl (C=O) groups excluding carboxylic acids is 2. The Bertz CT molecular complexity index is 875. The van der Waals surface area contributed by atoms with Crippen LogP contribution in [0.25, 0.3) is 0 Å². The highest BCUT2D eigenvalue weighted by Crippen LogP contribution is 2.27. The summed E-state index contributed by atoms with van der Waals surface area (Å²) >= 11 is 0. The summed E-state index contributed by atoms with van der Waals surface area (Å²) in [6.45, 7) is 1.18. The minimum atomic E-state index is -0.163. The molecule has 0 unspecified atom stereocenters. The van der Waals surface area contributed by atoms with E-state index in [1.165, 1.54) is 7.11 Å². The number of likely N-dealkylation sites (tertiary alicyclic amines) is 1. The van der Waals surface area contributed by atoms with Gasteiger partial charge in [0, 0.05) is 30.3 Å². The smallest absolute Gasteiger partial charge is 0.253 e. The zero-order valence-corrected chi connectivity index (χ0v) is 16.9. The first-order chi connectivity index (χ1) is 14.0. The van der Waals surface area contributed by atoms with Gasteiger partial charge in [-0.1, -0.05) is 6.07 Å². The highest BCUT2D eigenvalue weighted by Gasteiger charge is 2.25. The van der Waals surface area contributed by atoms with Gasteiger partial charge in [0.1, 0.15) is 5.75 Å². The van der Waals surface area contributed by atoms with Crippen molar-refractivity contribution in [3.63, 3.8) is 0 Å². The van der Waals surface area contributed by atoms with Crippen molar-refractivity contribution in [3.05, 3.63) is 53.6 Å². The van der Waals surface area contributed by atoms with Gasteiger partial charge in [-0.2, -0.15) is 0 Å². The molecule has 0 atom stereocenters. The number of rotatable bonds is 6. The molecule has 1 fully saturated rings. The van der Waals surface area contributed by atoms with Crippen LogP contribution < -0.4 is 19.5 Å². The Morgan fingerprint density at radius 1 is 0.897 bits per heavy atom. The van der Waals surface area contributed by atoms with E-state index < -0.39 is 0 Å². The zero-order chi connectivity index (χ0) is 20.8. The number of benzene rings is 2. The van der Waals surface area contributed by atoms with Crippen LogP contribution in [0, 0.1) is 0 Å². The van der Waals surface area contributed by atoms with Gasteiger partial charge < -0.3 is 24.4 Å². The van der Waals surface area contributed by atoms with E-state index in [1.54, 1.807) is 44.6 Å². The average molecular weight is 398 g/mol. The van der Waals surface area contributed by atoms with Gasteiger partial charge in [-0.3, -0.25) is 9.59 Å². The summed E-state index contributed by atoms with van der Waals surface area (Å²) in [4.78, 5) is 27.1. The first-order valence-corrected chi connectivity index (χ1v) is 9.52. The van der Waals surface area contributed by atoms with Gasteiger partial charge >= 0.3 is 0 Å². The lowest BCUT2D eigenvalue weighted by Gasteiger charge is -2.32. The van der Waals surface area contributed by atoms with Gasteiger partial charge in [0.05, 0.1) is 21.3 Å². The number of nitrogens with zero attached hydrogens (tertiary/aromatic N) is 1. The van der Waals surface area contributed by atoms with Crippen molar-refractivity contribution in [2.75, 3.05) is 34.4 Å². The largest absolute Gasteiger partial charge is 0.497 e. The molecule has 2 aromatic rings. The van der Waals surface area contributed by atoms with Gasteiger partial charge in [-0.25, -0.2) is 0 Å². The summed E-state index contributed by atoms with van der Waals surface area (Å²) in [5, 5.41) is 3.05. The second-order valence-electron chi connectivity index (χ2n) is 6.84. The summed E-state index contributed by atoms with van der Waals surface area (Å²) in [5.74, 6) is 1.57. The third-order valence-electron chi connectivity index (χ3n) is 5.08. The Balaban J connectivity index is 1.57. The molecule has 0 aliphatic carbocycles. The Morgan fingerprint density at radius 2 is 1.62 bits per heavy atom. The van der Waals surface area contributed by atoms with Crippen molar-refractivity contribution in [2.45, 2.75) is 18.9 Å². The summed E-state index contributed by atoms with van der Waals surface area (Å²) in [5.41, 5.74) is 1.12. The van der Waals surface area contributed by atoms with Crippen LogP contribution >= 0.6 is 0 Å². The molecule has 0 aromatic heterocycles. The van der Waals surface area contributed by atoms with E-state index in [4.69, 9.17) is 14.2 Å². The van der Waals surface area contributed by atoms with Crippen molar-refractivity contribution >= 4 is 11.8 Å². The lowest BCUT2D eigenvalue weighted by Crippen LogP contribution is -2.46. The fraction of sp³-hybridized carbons (Fsp3) is 0.364.